The van der Waals surface area contributed by atoms with Crippen molar-refractivity contribution in [2.24, 2.45) is 0 Å². The van der Waals surface area contributed by atoms with Gasteiger partial charge in [-0.25, -0.2) is 8.42 Å². The van der Waals surface area contributed by atoms with Crippen LogP contribution < -0.4 is 5.32 Å². The van der Waals surface area contributed by atoms with Crippen LogP contribution in [0.4, 0.5) is 0 Å². The summed E-state index contributed by atoms with van der Waals surface area (Å²) in [6.07, 6.45) is 3.47. The Morgan fingerprint density at radius 1 is 1.19 bits per heavy atom. The van der Waals surface area contributed by atoms with E-state index in [9.17, 15) is 18.0 Å². The van der Waals surface area contributed by atoms with Crippen LogP contribution in [-0.4, -0.2) is 37.0 Å². The van der Waals surface area contributed by atoms with Crippen LogP contribution in [0, 0.1) is 0 Å². The van der Waals surface area contributed by atoms with Crippen molar-refractivity contribution in [2.45, 2.75) is 43.7 Å². The molecule has 1 saturated heterocycles. The minimum absolute atomic E-state index is 0.0817. The van der Waals surface area contributed by atoms with Gasteiger partial charge in [0.05, 0.1) is 17.7 Å². The number of carbonyl (C=O) groups is 2. The maximum absolute atomic E-state index is 13.1. The second-order valence-electron chi connectivity index (χ2n) is 6.51. The molecule has 1 amide bonds. The number of nitrogens with one attached hydrogen (secondary N) is 1. The molecule has 1 aromatic heterocycles. The summed E-state index contributed by atoms with van der Waals surface area (Å²) in [5, 5.41) is 2.75. The maximum Gasteiger partial charge on any atom is 0.243 e. The van der Waals surface area contributed by atoms with Gasteiger partial charge in [0.15, 0.2) is 5.78 Å². The van der Waals surface area contributed by atoms with Crippen LogP contribution in [0.25, 0.3) is 0 Å². The summed E-state index contributed by atoms with van der Waals surface area (Å²) in [7, 11) is -3.83. The number of piperidine rings is 1. The molecule has 2 aromatic rings. The predicted molar refractivity (Wildman–Crippen MR) is 98.5 cm³/mol. The number of amides is 1. The van der Waals surface area contributed by atoms with Crippen molar-refractivity contribution in [1.29, 1.82) is 0 Å². The third kappa shape index (κ3) is 4.28. The first-order valence-corrected chi connectivity index (χ1v) is 10.3. The standard InChI is InChI=1S/C19H22N2O5S/c1-14(22)15-7-9-17(10-8-15)27(24,25)21-11-3-2-6-18(21)19(23)20-13-16-5-4-12-26-16/h4-5,7-10,12,18H,2-3,6,11,13H2,1H3,(H,20,23). The number of hydrogen-bond donors (Lipinski definition) is 1. The summed E-state index contributed by atoms with van der Waals surface area (Å²) in [5.74, 6) is 0.135. The highest BCUT2D eigenvalue weighted by atomic mass is 32.2. The van der Waals surface area contributed by atoms with Gasteiger partial charge in [-0.15, -0.1) is 0 Å². The first-order chi connectivity index (χ1) is 12.9. The third-order valence-corrected chi connectivity index (χ3v) is 6.56. The quantitative estimate of drug-likeness (QED) is 0.764. The van der Waals surface area contributed by atoms with E-state index in [0.717, 1.165) is 6.42 Å². The van der Waals surface area contributed by atoms with Crippen LogP contribution in [0.2, 0.25) is 0 Å². The summed E-state index contributed by atoms with van der Waals surface area (Å²) >= 11 is 0. The topological polar surface area (TPSA) is 96.7 Å². The molecule has 0 bridgehead atoms. The fourth-order valence-corrected chi connectivity index (χ4v) is 4.81. The molecular formula is C19H22N2O5S. The fourth-order valence-electron chi connectivity index (χ4n) is 3.16. The van der Waals surface area contributed by atoms with Crippen LogP contribution >= 0.6 is 0 Å². The number of sulfonamides is 1. The number of hydrogen-bond acceptors (Lipinski definition) is 5. The zero-order chi connectivity index (χ0) is 19.4. The second kappa shape index (κ2) is 8.06. The van der Waals surface area contributed by atoms with Crippen LogP contribution in [-0.2, 0) is 21.4 Å². The molecular weight excluding hydrogens is 368 g/mol. The largest absolute Gasteiger partial charge is 0.467 e. The molecule has 3 rings (SSSR count). The Bertz CT molecular complexity index is 904. The molecule has 1 aliphatic rings. The zero-order valence-corrected chi connectivity index (χ0v) is 15.9. The van der Waals surface area contributed by atoms with Crippen molar-refractivity contribution in [2.75, 3.05) is 6.54 Å². The lowest BCUT2D eigenvalue weighted by Crippen LogP contribution is -2.51. The van der Waals surface area contributed by atoms with Gasteiger partial charge in [0.25, 0.3) is 0 Å². The Kier molecular flexibility index (Phi) is 5.76. The second-order valence-corrected chi connectivity index (χ2v) is 8.40. The Balaban J connectivity index is 1.78. The van der Waals surface area contributed by atoms with Gasteiger partial charge in [-0.05, 0) is 44.0 Å². The Hall–Kier alpha value is -2.45. The first-order valence-electron chi connectivity index (χ1n) is 8.82. The van der Waals surface area contributed by atoms with Crippen LogP contribution in [0.1, 0.15) is 42.3 Å². The summed E-state index contributed by atoms with van der Waals surface area (Å²) < 4.78 is 32.6. The van der Waals surface area contributed by atoms with E-state index in [0.29, 0.717) is 24.2 Å². The highest BCUT2D eigenvalue weighted by molar-refractivity contribution is 7.89. The molecule has 0 radical (unpaired) electrons. The number of rotatable bonds is 6. The summed E-state index contributed by atoms with van der Waals surface area (Å²) in [6.45, 7) is 1.92. The van der Waals surface area contributed by atoms with Crippen LogP contribution in [0.3, 0.4) is 0 Å². The highest BCUT2D eigenvalue weighted by Gasteiger charge is 2.37. The molecule has 1 fully saturated rings. The smallest absolute Gasteiger partial charge is 0.243 e. The van der Waals surface area contributed by atoms with Gasteiger partial charge in [0, 0.05) is 12.1 Å². The molecule has 0 spiro atoms. The van der Waals surface area contributed by atoms with Crippen molar-refractivity contribution in [3.63, 3.8) is 0 Å². The number of Topliss-reactive ketones (excluding diaryl/α,β-unsaturated/α-hetero) is 1. The number of nitrogens with zero attached hydrogens (tertiary/aromatic N) is 1. The zero-order valence-electron chi connectivity index (χ0n) is 15.1. The van der Waals surface area contributed by atoms with E-state index in [4.69, 9.17) is 4.42 Å². The van der Waals surface area contributed by atoms with E-state index in [2.05, 4.69) is 5.32 Å². The van der Waals surface area contributed by atoms with E-state index in [1.54, 1.807) is 12.1 Å². The van der Waals surface area contributed by atoms with Gasteiger partial charge in [0.1, 0.15) is 11.8 Å². The van der Waals surface area contributed by atoms with Crippen LogP contribution in [0.5, 0.6) is 0 Å². The lowest BCUT2D eigenvalue weighted by Gasteiger charge is -2.33. The van der Waals surface area contributed by atoms with Crippen molar-refractivity contribution >= 4 is 21.7 Å². The van der Waals surface area contributed by atoms with E-state index < -0.39 is 16.1 Å². The number of ketones is 1. The summed E-state index contributed by atoms with van der Waals surface area (Å²) in [5.41, 5.74) is 0.445. The van der Waals surface area contributed by atoms with E-state index in [1.807, 2.05) is 0 Å². The molecule has 27 heavy (non-hydrogen) atoms. The average Bonchev–Trinajstić information content (AvgIpc) is 3.20. The van der Waals surface area contributed by atoms with Crippen molar-refractivity contribution in [3.05, 3.63) is 54.0 Å². The molecule has 1 aliphatic heterocycles. The molecule has 1 atom stereocenters. The van der Waals surface area contributed by atoms with E-state index >= 15 is 0 Å². The maximum atomic E-state index is 13.1. The lowest BCUT2D eigenvalue weighted by molar-refractivity contribution is -0.125. The Morgan fingerprint density at radius 3 is 2.56 bits per heavy atom. The SMILES string of the molecule is CC(=O)c1ccc(S(=O)(=O)N2CCCCC2C(=O)NCc2ccco2)cc1. The molecule has 0 aliphatic carbocycles. The summed E-state index contributed by atoms with van der Waals surface area (Å²) in [6, 6.07) is 8.52. The minimum Gasteiger partial charge on any atom is -0.467 e. The number of furan rings is 1. The first kappa shape index (κ1) is 19.3. The molecule has 144 valence electrons. The third-order valence-electron chi connectivity index (χ3n) is 4.64. The Morgan fingerprint density at radius 2 is 1.93 bits per heavy atom. The van der Waals surface area contributed by atoms with Gasteiger partial charge < -0.3 is 9.73 Å². The average molecular weight is 390 g/mol. The summed E-state index contributed by atoms with van der Waals surface area (Å²) in [4.78, 5) is 24.1. The van der Waals surface area contributed by atoms with Crippen LogP contribution in [0.15, 0.2) is 52.0 Å². The molecule has 1 N–H and O–H groups in total. The molecule has 2 heterocycles. The normalized spacial score (nSPS) is 18.2. The van der Waals surface area contributed by atoms with Gasteiger partial charge in [-0.1, -0.05) is 18.6 Å². The van der Waals surface area contributed by atoms with E-state index in [-0.39, 0.29) is 29.7 Å². The van der Waals surface area contributed by atoms with Gasteiger partial charge in [0.2, 0.25) is 15.9 Å². The van der Waals surface area contributed by atoms with Gasteiger partial charge >= 0.3 is 0 Å². The van der Waals surface area contributed by atoms with Gasteiger partial charge in [-0.3, -0.25) is 9.59 Å². The highest BCUT2D eigenvalue weighted by Crippen LogP contribution is 2.26. The van der Waals surface area contributed by atoms with Gasteiger partial charge in [-0.2, -0.15) is 4.31 Å². The van der Waals surface area contributed by atoms with E-state index in [1.165, 1.54) is 41.8 Å². The van der Waals surface area contributed by atoms with Crippen molar-refractivity contribution in [1.82, 2.24) is 9.62 Å². The molecule has 7 nitrogen and oxygen atoms in total. The predicted octanol–water partition coefficient (Wildman–Crippen LogP) is 2.34. The number of benzene rings is 1. The molecule has 1 unspecified atom stereocenters. The monoisotopic (exact) mass is 390 g/mol. The molecule has 0 saturated carbocycles. The number of carbonyl (C=O) groups excluding carboxylic acids is 2. The Labute approximate surface area is 158 Å². The molecule has 1 aromatic carbocycles. The minimum atomic E-state index is -3.83. The van der Waals surface area contributed by atoms with Crippen molar-refractivity contribution < 1.29 is 22.4 Å². The fraction of sp³-hybridized carbons (Fsp3) is 0.368. The molecule has 8 heteroatoms. The lowest BCUT2D eigenvalue weighted by atomic mass is 10.0. The van der Waals surface area contributed by atoms with Crippen molar-refractivity contribution in [3.8, 4) is 0 Å².